The van der Waals surface area contributed by atoms with Crippen LogP contribution in [-0.4, -0.2) is 96.0 Å². The van der Waals surface area contributed by atoms with Crippen molar-refractivity contribution >= 4 is 12.1 Å². The number of benzene rings is 1. The first-order valence-electron chi connectivity index (χ1n) is 15.2. The third kappa shape index (κ3) is 9.32. The van der Waals surface area contributed by atoms with Crippen molar-refractivity contribution in [1.82, 2.24) is 19.8 Å². The first-order chi connectivity index (χ1) is 21.6. The molecule has 244 valence electrons. The van der Waals surface area contributed by atoms with Crippen molar-refractivity contribution in [3.05, 3.63) is 46.8 Å². The van der Waals surface area contributed by atoms with Crippen LogP contribution in [0.4, 0.5) is 13.6 Å². The number of carbonyl (C=O) groups excluding carboxylic acids is 2. The topological polar surface area (TPSA) is 129 Å². The second-order valence-electron chi connectivity index (χ2n) is 11.6. The Morgan fingerprint density at radius 3 is 2.44 bits per heavy atom. The van der Waals surface area contributed by atoms with Crippen LogP contribution >= 0.6 is 0 Å². The number of hydrogen-bond donors (Lipinski definition) is 1. The summed E-state index contributed by atoms with van der Waals surface area (Å²) in [5.41, 5.74) is 6.24. The van der Waals surface area contributed by atoms with Crippen molar-refractivity contribution in [2.75, 3.05) is 39.8 Å². The van der Waals surface area contributed by atoms with E-state index >= 15 is 0 Å². The number of likely N-dealkylation sites (tertiary alicyclic amines) is 2. The number of aromatic nitrogens is 2. The monoisotopic (exact) mass is 629 g/mol. The Kier molecular flexibility index (Phi) is 12.0. The van der Waals surface area contributed by atoms with Gasteiger partial charge in [-0.15, -0.1) is 6.42 Å². The Hall–Kier alpha value is -3.86. The van der Waals surface area contributed by atoms with Gasteiger partial charge in [-0.1, -0.05) is 5.92 Å². The zero-order valence-corrected chi connectivity index (χ0v) is 26.0. The van der Waals surface area contributed by atoms with Gasteiger partial charge < -0.3 is 34.5 Å². The molecule has 2 atom stereocenters. The SMILES string of the molecule is C#Cc1c(OC(=O)[C@@H](N)Cc2cc(F)c(CCN3CCCC(OC)C3)cc2F)ncnc1OC1CCN(C(=O)OC(C)C)CC1. The third-order valence-corrected chi connectivity index (χ3v) is 7.89. The molecule has 1 amide bonds. The predicted octanol–water partition coefficient (Wildman–Crippen LogP) is 3.25. The minimum Gasteiger partial charge on any atom is -0.473 e. The molecule has 3 heterocycles. The molecule has 0 bridgehead atoms. The van der Waals surface area contributed by atoms with Gasteiger partial charge in [0.05, 0.1) is 12.2 Å². The van der Waals surface area contributed by atoms with Crippen LogP contribution in [0.5, 0.6) is 11.8 Å². The normalized spacial score (nSPS) is 18.4. The Morgan fingerprint density at radius 2 is 1.76 bits per heavy atom. The highest BCUT2D eigenvalue weighted by Gasteiger charge is 2.28. The fourth-order valence-corrected chi connectivity index (χ4v) is 5.39. The van der Waals surface area contributed by atoms with Crippen molar-refractivity contribution in [3.63, 3.8) is 0 Å². The average Bonchev–Trinajstić information content (AvgIpc) is 3.02. The lowest BCUT2D eigenvalue weighted by atomic mass is 10.0. The summed E-state index contributed by atoms with van der Waals surface area (Å²) in [5, 5.41) is 0. The molecule has 45 heavy (non-hydrogen) atoms. The number of ether oxygens (including phenoxy) is 4. The van der Waals surface area contributed by atoms with Crippen molar-refractivity contribution in [2.24, 2.45) is 5.73 Å². The maximum Gasteiger partial charge on any atom is 0.410 e. The minimum atomic E-state index is -1.33. The summed E-state index contributed by atoms with van der Waals surface area (Å²) < 4.78 is 51.9. The lowest BCUT2D eigenvalue weighted by Crippen LogP contribution is -2.42. The Labute approximate surface area is 262 Å². The van der Waals surface area contributed by atoms with Crippen molar-refractivity contribution < 1.29 is 37.3 Å². The lowest BCUT2D eigenvalue weighted by molar-refractivity contribution is -0.136. The van der Waals surface area contributed by atoms with E-state index in [0.717, 1.165) is 44.4 Å². The molecule has 2 fully saturated rings. The number of esters is 1. The average molecular weight is 630 g/mol. The molecule has 2 aromatic rings. The Morgan fingerprint density at radius 1 is 1.07 bits per heavy atom. The van der Waals surface area contributed by atoms with Gasteiger partial charge >= 0.3 is 12.1 Å². The van der Waals surface area contributed by atoms with E-state index in [1.807, 2.05) is 0 Å². The van der Waals surface area contributed by atoms with Gasteiger partial charge in [-0.3, -0.25) is 0 Å². The number of halogens is 2. The van der Waals surface area contributed by atoms with E-state index < -0.39 is 23.6 Å². The summed E-state index contributed by atoms with van der Waals surface area (Å²) in [4.78, 5) is 36.8. The number of terminal acetylenes is 1. The smallest absolute Gasteiger partial charge is 0.410 e. The van der Waals surface area contributed by atoms with E-state index in [-0.39, 0.29) is 59.3 Å². The van der Waals surface area contributed by atoms with Crippen LogP contribution in [0, 0.1) is 24.0 Å². The van der Waals surface area contributed by atoms with E-state index in [1.54, 1.807) is 25.9 Å². The molecule has 2 N–H and O–H groups in total. The van der Waals surface area contributed by atoms with Gasteiger partial charge in [0.2, 0.25) is 11.8 Å². The predicted molar refractivity (Wildman–Crippen MR) is 161 cm³/mol. The highest BCUT2D eigenvalue weighted by atomic mass is 19.1. The van der Waals surface area contributed by atoms with Crippen molar-refractivity contribution in [3.8, 4) is 24.1 Å². The highest BCUT2D eigenvalue weighted by molar-refractivity contribution is 5.78. The molecule has 11 nitrogen and oxygen atoms in total. The molecule has 0 aliphatic carbocycles. The van der Waals surface area contributed by atoms with Crippen LogP contribution in [0.25, 0.3) is 0 Å². The number of carbonyl (C=O) groups is 2. The molecule has 1 unspecified atom stereocenters. The van der Waals surface area contributed by atoms with Crippen LogP contribution in [0.1, 0.15) is 56.2 Å². The Bertz CT molecular complexity index is 1380. The zero-order chi connectivity index (χ0) is 32.5. The highest BCUT2D eigenvalue weighted by Crippen LogP contribution is 2.27. The Balaban J connectivity index is 1.33. The fourth-order valence-electron chi connectivity index (χ4n) is 5.39. The maximum atomic E-state index is 15.0. The first-order valence-corrected chi connectivity index (χ1v) is 15.2. The number of methoxy groups -OCH3 is 1. The van der Waals surface area contributed by atoms with Crippen molar-refractivity contribution in [2.45, 2.75) is 76.7 Å². The largest absolute Gasteiger partial charge is 0.473 e. The molecule has 13 heteroatoms. The third-order valence-electron chi connectivity index (χ3n) is 7.89. The molecule has 0 spiro atoms. The summed E-state index contributed by atoms with van der Waals surface area (Å²) in [6.45, 7) is 6.64. The van der Waals surface area contributed by atoms with Gasteiger partial charge in [0.1, 0.15) is 35.7 Å². The molecular weight excluding hydrogens is 588 g/mol. The summed E-state index contributed by atoms with van der Waals surface area (Å²) >= 11 is 0. The summed E-state index contributed by atoms with van der Waals surface area (Å²) in [6, 6.07) is 0.898. The van der Waals surface area contributed by atoms with E-state index in [9.17, 15) is 18.4 Å². The van der Waals surface area contributed by atoms with Gasteiger partial charge in [0.15, 0.2) is 0 Å². The number of piperidine rings is 2. The first kappa shape index (κ1) is 34.0. The lowest BCUT2D eigenvalue weighted by Gasteiger charge is -2.31. The van der Waals surface area contributed by atoms with Gasteiger partial charge in [-0.2, -0.15) is 4.98 Å². The molecule has 1 aromatic carbocycles. The molecule has 0 radical (unpaired) electrons. The summed E-state index contributed by atoms with van der Waals surface area (Å²) in [6.07, 6.45) is 9.08. The fraction of sp³-hybridized carbons (Fsp3) is 0.562. The molecule has 0 saturated carbocycles. The number of nitrogens with zero attached hydrogens (tertiary/aromatic N) is 4. The van der Waals surface area contributed by atoms with Gasteiger partial charge in [-0.25, -0.2) is 23.4 Å². The van der Waals surface area contributed by atoms with Gasteiger partial charge in [0.25, 0.3) is 0 Å². The van der Waals surface area contributed by atoms with Gasteiger partial charge in [-0.05, 0) is 62.9 Å². The van der Waals surface area contributed by atoms with Crippen LogP contribution in [0.2, 0.25) is 0 Å². The molecule has 1 aromatic heterocycles. The molecule has 2 saturated heterocycles. The standard InChI is InChI=1S/C32H41F2N5O6/c1-5-25-29(44-23-9-13-39(14-10-23)32(41)43-20(2)3)36-19-37-30(25)45-31(40)28(35)17-22-16-26(33)21(15-27(22)34)8-12-38-11-6-7-24(18-38)42-4/h1,15-16,19-20,23-24,28H,6-14,17-18,35H2,2-4H3/t24?,28-/m0/s1. The minimum absolute atomic E-state index is 0.00630. The number of hydrogen-bond acceptors (Lipinski definition) is 10. The van der Waals surface area contributed by atoms with Crippen LogP contribution in [0.15, 0.2) is 18.5 Å². The summed E-state index contributed by atoms with van der Waals surface area (Å²) in [5.74, 6) is 0.0267. The molecule has 2 aliphatic heterocycles. The number of nitrogens with two attached hydrogens (primary N) is 1. The van der Waals surface area contributed by atoms with Crippen molar-refractivity contribution in [1.29, 1.82) is 0 Å². The van der Waals surface area contributed by atoms with Crippen LogP contribution in [0.3, 0.4) is 0 Å². The second kappa shape index (κ2) is 15.9. The number of rotatable bonds is 11. The van der Waals surface area contributed by atoms with E-state index in [0.29, 0.717) is 38.9 Å². The van der Waals surface area contributed by atoms with E-state index in [1.165, 1.54) is 0 Å². The zero-order valence-electron chi connectivity index (χ0n) is 26.0. The summed E-state index contributed by atoms with van der Waals surface area (Å²) in [7, 11) is 1.68. The van der Waals surface area contributed by atoms with E-state index in [2.05, 4.69) is 20.8 Å². The quantitative estimate of drug-likeness (QED) is 0.292. The molecule has 4 rings (SSSR count). The van der Waals surface area contributed by atoms with E-state index in [4.69, 9.17) is 31.1 Å². The molecule has 2 aliphatic rings. The van der Waals surface area contributed by atoms with Crippen LogP contribution < -0.4 is 15.2 Å². The number of amides is 1. The van der Waals surface area contributed by atoms with Crippen LogP contribution in [-0.2, 0) is 27.1 Å². The van der Waals surface area contributed by atoms with Gasteiger partial charge in [0, 0.05) is 52.6 Å². The molecular formula is C32H41F2N5O6. The second-order valence-corrected chi connectivity index (χ2v) is 11.6. The maximum absolute atomic E-state index is 15.0.